The Labute approximate surface area is 148 Å². The summed E-state index contributed by atoms with van der Waals surface area (Å²) in [5.74, 6) is 0. The van der Waals surface area contributed by atoms with E-state index in [1.165, 1.54) is 62.8 Å². The lowest BCUT2D eigenvalue weighted by molar-refractivity contribution is -0.715. The Morgan fingerprint density at radius 1 is 0.583 bits per heavy atom. The third-order valence-electron chi connectivity index (χ3n) is 4.65. The molecule has 0 bridgehead atoms. The minimum Gasteiger partial charge on any atom is -0.193 e. The van der Waals surface area contributed by atoms with Crippen LogP contribution in [0.1, 0.15) is 65.2 Å². The number of hydrogen-bond acceptors (Lipinski definition) is 0. The lowest BCUT2D eigenvalue weighted by Crippen LogP contribution is -2.42. The summed E-state index contributed by atoms with van der Waals surface area (Å²) in [6, 6.07) is 13.1. The van der Waals surface area contributed by atoms with Crippen LogP contribution in [0.2, 0.25) is 0 Å². The van der Waals surface area contributed by atoms with Crippen molar-refractivity contribution in [2.75, 3.05) is 0 Å². The smallest absolute Gasteiger partial charge is 0.193 e. The summed E-state index contributed by atoms with van der Waals surface area (Å²) in [6.07, 6.45) is 14.9. The molecular formula is C22H34N2+2. The van der Waals surface area contributed by atoms with Crippen molar-refractivity contribution < 1.29 is 9.13 Å². The standard InChI is InChI=1S/C22H34N2/c1-3-5-7-11-17-23-19-13-9-15-21(23)22-16-10-14-20-24(22)18-12-8-6-4-2/h9-10,13-16,19-20H,3-8,11-12,17-18H2,1-2H3/q+2. The van der Waals surface area contributed by atoms with Gasteiger partial charge in [0.15, 0.2) is 12.4 Å². The molecule has 2 aromatic heterocycles. The number of pyridine rings is 2. The fourth-order valence-corrected chi connectivity index (χ4v) is 3.23. The molecular weight excluding hydrogens is 292 g/mol. The van der Waals surface area contributed by atoms with Crippen LogP contribution in [0.25, 0.3) is 11.4 Å². The first-order chi connectivity index (χ1) is 11.9. The van der Waals surface area contributed by atoms with Crippen LogP contribution in [0.4, 0.5) is 0 Å². The highest BCUT2D eigenvalue weighted by atomic mass is 15.0. The number of aromatic nitrogens is 2. The lowest BCUT2D eigenvalue weighted by Gasteiger charge is -2.05. The summed E-state index contributed by atoms with van der Waals surface area (Å²) in [5, 5.41) is 0. The third-order valence-corrected chi connectivity index (χ3v) is 4.65. The monoisotopic (exact) mass is 326 g/mol. The van der Waals surface area contributed by atoms with Crippen LogP contribution < -0.4 is 9.13 Å². The SMILES string of the molecule is CCCCCC[n+]1ccccc1-c1cccc[n+]1CCCCCC. The molecule has 0 aliphatic rings. The number of nitrogens with zero attached hydrogens (tertiary/aromatic N) is 2. The average Bonchev–Trinajstić information content (AvgIpc) is 2.63. The molecule has 130 valence electrons. The maximum absolute atomic E-state index is 2.42. The first-order valence-corrected chi connectivity index (χ1v) is 9.84. The van der Waals surface area contributed by atoms with E-state index in [-0.39, 0.29) is 0 Å². The van der Waals surface area contributed by atoms with E-state index in [2.05, 4.69) is 71.8 Å². The van der Waals surface area contributed by atoms with Crippen molar-refractivity contribution in [2.45, 2.75) is 78.3 Å². The van der Waals surface area contributed by atoms with Gasteiger partial charge in [-0.25, -0.2) is 0 Å². The van der Waals surface area contributed by atoms with Gasteiger partial charge in [-0.05, 0) is 25.0 Å². The molecule has 0 amide bonds. The lowest BCUT2D eigenvalue weighted by atomic mass is 10.1. The van der Waals surface area contributed by atoms with Crippen molar-refractivity contribution in [1.29, 1.82) is 0 Å². The van der Waals surface area contributed by atoms with Gasteiger partial charge in [0, 0.05) is 37.1 Å². The zero-order valence-corrected chi connectivity index (χ0v) is 15.6. The van der Waals surface area contributed by atoms with Gasteiger partial charge in [0.25, 0.3) is 11.4 Å². The number of rotatable bonds is 11. The van der Waals surface area contributed by atoms with E-state index in [1.54, 1.807) is 0 Å². The van der Waals surface area contributed by atoms with Crippen molar-refractivity contribution in [1.82, 2.24) is 0 Å². The van der Waals surface area contributed by atoms with Crippen LogP contribution in [-0.2, 0) is 13.1 Å². The van der Waals surface area contributed by atoms with Gasteiger partial charge in [0.2, 0.25) is 0 Å². The van der Waals surface area contributed by atoms with Crippen LogP contribution in [0.3, 0.4) is 0 Å². The Balaban J connectivity index is 2.12. The first kappa shape index (κ1) is 18.6. The second-order valence-corrected chi connectivity index (χ2v) is 6.68. The van der Waals surface area contributed by atoms with Crippen LogP contribution in [-0.4, -0.2) is 0 Å². The fourth-order valence-electron chi connectivity index (χ4n) is 3.23. The molecule has 0 spiro atoms. The quantitative estimate of drug-likeness (QED) is 0.401. The van der Waals surface area contributed by atoms with Gasteiger partial charge in [-0.1, -0.05) is 39.5 Å². The second kappa shape index (κ2) is 11.0. The fraction of sp³-hybridized carbons (Fsp3) is 0.545. The van der Waals surface area contributed by atoms with Gasteiger partial charge < -0.3 is 0 Å². The molecule has 0 fully saturated rings. The zero-order chi connectivity index (χ0) is 17.0. The summed E-state index contributed by atoms with van der Waals surface area (Å²) < 4.78 is 4.85. The number of hydrogen-bond donors (Lipinski definition) is 0. The summed E-state index contributed by atoms with van der Waals surface area (Å²) >= 11 is 0. The summed E-state index contributed by atoms with van der Waals surface area (Å²) in [6.45, 7) is 6.76. The van der Waals surface area contributed by atoms with Crippen molar-refractivity contribution in [2.24, 2.45) is 0 Å². The predicted octanol–water partition coefficient (Wildman–Crippen LogP) is 5.09. The van der Waals surface area contributed by atoms with E-state index >= 15 is 0 Å². The molecule has 24 heavy (non-hydrogen) atoms. The maximum Gasteiger partial charge on any atom is 0.277 e. The highest BCUT2D eigenvalue weighted by Gasteiger charge is 2.21. The van der Waals surface area contributed by atoms with Gasteiger partial charge in [-0.2, -0.15) is 9.13 Å². The van der Waals surface area contributed by atoms with Crippen LogP contribution >= 0.6 is 0 Å². The minimum atomic E-state index is 1.11. The van der Waals surface area contributed by atoms with Crippen LogP contribution in [0.5, 0.6) is 0 Å². The molecule has 0 atom stereocenters. The molecule has 0 aliphatic heterocycles. The molecule has 0 aliphatic carbocycles. The van der Waals surface area contributed by atoms with Gasteiger partial charge in [0.05, 0.1) is 0 Å². The second-order valence-electron chi connectivity index (χ2n) is 6.68. The Morgan fingerprint density at radius 2 is 1.04 bits per heavy atom. The van der Waals surface area contributed by atoms with Crippen LogP contribution in [0.15, 0.2) is 48.8 Å². The van der Waals surface area contributed by atoms with E-state index in [9.17, 15) is 0 Å². The molecule has 2 aromatic rings. The van der Waals surface area contributed by atoms with E-state index < -0.39 is 0 Å². The molecule has 2 rings (SSSR count). The number of unbranched alkanes of at least 4 members (excludes halogenated alkanes) is 6. The molecule has 0 aromatic carbocycles. The highest BCUT2D eigenvalue weighted by molar-refractivity contribution is 5.45. The molecule has 2 heterocycles. The predicted molar refractivity (Wildman–Crippen MR) is 101 cm³/mol. The Hall–Kier alpha value is -1.70. The van der Waals surface area contributed by atoms with Gasteiger partial charge in [-0.15, -0.1) is 0 Å². The van der Waals surface area contributed by atoms with E-state index in [0.717, 1.165) is 13.1 Å². The number of aryl methyl sites for hydroxylation is 2. The summed E-state index contributed by atoms with van der Waals surface area (Å²) in [4.78, 5) is 0. The molecule has 2 nitrogen and oxygen atoms in total. The van der Waals surface area contributed by atoms with Crippen molar-refractivity contribution in [3.63, 3.8) is 0 Å². The molecule has 2 heteroatoms. The largest absolute Gasteiger partial charge is 0.277 e. The molecule has 0 N–H and O–H groups in total. The van der Waals surface area contributed by atoms with Crippen molar-refractivity contribution in [3.05, 3.63) is 48.8 Å². The summed E-state index contributed by atoms with van der Waals surface area (Å²) in [5.41, 5.74) is 2.68. The molecule has 0 saturated heterocycles. The van der Waals surface area contributed by atoms with Gasteiger partial charge in [0.1, 0.15) is 13.1 Å². The molecule has 0 saturated carbocycles. The Kier molecular flexibility index (Phi) is 8.51. The van der Waals surface area contributed by atoms with Gasteiger partial charge >= 0.3 is 0 Å². The first-order valence-electron chi connectivity index (χ1n) is 9.84. The zero-order valence-electron chi connectivity index (χ0n) is 15.6. The van der Waals surface area contributed by atoms with E-state index in [1.807, 2.05) is 0 Å². The van der Waals surface area contributed by atoms with Gasteiger partial charge in [-0.3, -0.25) is 0 Å². The highest BCUT2D eigenvalue weighted by Crippen LogP contribution is 2.11. The van der Waals surface area contributed by atoms with Crippen molar-refractivity contribution >= 4 is 0 Å². The molecule has 0 unspecified atom stereocenters. The van der Waals surface area contributed by atoms with E-state index in [4.69, 9.17) is 0 Å². The third kappa shape index (κ3) is 5.74. The Bertz CT molecular complexity index is 539. The minimum absolute atomic E-state index is 1.11. The van der Waals surface area contributed by atoms with Crippen LogP contribution in [0, 0.1) is 0 Å². The molecule has 0 radical (unpaired) electrons. The van der Waals surface area contributed by atoms with E-state index in [0.29, 0.717) is 0 Å². The normalized spacial score (nSPS) is 10.9. The summed E-state index contributed by atoms with van der Waals surface area (Å²) in [7, 11) is 0. The maximum atomic E-state index is 2.42. The topological polar surface area (TPSA) is 7.76 Å². The van der Waals surface area contributed by atoms with Crippen molar-refractivity contribution in [3.8, 4) is 11.4 Å². The average molecular weight is 327 g/mol. The Morgan fingerprint density at radius 3 is 1.46 bits per heavy atom.